The number of aromatic nitrogens is 2. The Kier molecular flexibility index (Phi) is 5.54. The number of likely N-dealkylation sites (tertiary alicyclic amines) is 1. The van der Waals surface area contributed by atoms with Gasteiger partial charge in [0.2, 0.25) is 5.95 Å². The molecule has 1 spiro atoms. The van der Waals surface area contributed by atoms with Crippen molar-refractivity contribution in [1.82, 2.24) is 20.2 Å². The van der Waals surface area contributed by atoms with E-state index < -0.39 is 0 Å². The molecule has 2 aliphatic rings. The van der Waals surface area contributed by atoms with Gasteiger partial charge in [-0.2, -0.15) is 0 Å². The molecule has 2 saturated heterocycles. The summed E-state index contributed by atoms with van der Waals surface area (Å²) in [5, 5.41) is 16.2. The first-order valence-electron chi connectivity index (χ1n) is 9.23. The van der Waals surface area contributed by atoms with Gasteiger partial charge in [0.05, 0.1) is 5.56 Å². The van der Waals surface area contributed by atoms with Crippen LogP contribution in [0.25, 0.3) is 0 Å². The topological polar surface area (TPSA) is 90.4 Å². The Balaban J connectivity index is 1.61. The molecular weight excluding hydrogens is 318 g/mol. The van der Waals surface area contributed by atoms with E-state index in [1.165, 1.54) is 0 Å². The highest BCUT2D eigenvalue weighted by Gasteiger charge is 2.43. The minimum absolute atomic E-state index is 0.000398. The zero-order valence-corrected chi connectivity index (χ0v) is 15.2. The van der Waals surface area contributed by atoms with E-state index in [0.717, 1.165) is 45.4 Å². The van der Waals surface area contributed by atoms with Crippen LogP contribution in [-0.4, -0.2) is 64.7 Å². The van der Waals surface area contributed by atoms with E-state index in [-0.39, 0.29) is 24.0 Å². The van der Waals surface area contributed by atoms with Crippen molar-refractivity contribution < 1.29 is 9.90 Å². The van der Waals surface area contributed by atoms with Gasteiger partial charge in [-0.1, -0.05) is 0 Å². The molecule has 0 aromatic carbocycles. The predicted octanol–water partition coefficient (Wildman–Crippen LogP) is 1.12. The van der Waals surface area contributed by atoms with Gasteiger partial charge in [0, 0.05) is 50.6 Å². The molecule has 7 heteroatoms. The molecule has 3 heterocycles. The quantitative estimate of drug-likeness (QED) is 0.756. The van der Waals surface area contributed by atoms with Crippen molar-refractivity contribution in [2.24, 2.45) is 11.3 Å². The molecule has 138 valence electrons. The highest BCUT2D eigenvalue weighted by Crippen LogP contribution is 2.43. The van der Waals surface area contributed by atoms with Crippen molar-refractivity contribution in [2.45, 2.75) is 39.2 Å². The number of aliphatic hydroxyl groups is 1. The number of aliphatic hydroxyl groups excluding tert-OH is 1. The number of amides is 1. The van der Waals surface area contributed by atoms with Gasteiger partial charge < -0.3 is 20.6 Å². The van der Waals surface area contributed by atoms with Gasteiger partial charge in [-0.15, -0.1) is 0 Å². The number of piperidine rings is 2. The van der Waals surface area contributed by atoms with Crippen LogP contribution < -0.4 is 10.6 Å². The van der Waals surface area contributed by atoms with Gasteiger partial charge in [0.25, 0.3) is 5.91 Å². The summed E-state index contributed by atoms with van der Waals surface area (Å²) in [5.74, 6) is 0.841. The Morgan fingerprint density at radius 1 is 1.36 bits per heavy atom. The fourth-order valence-electron chi connectivity index (χ4n) is 4.06. The SMILES string of the molecule is CC(C)Nc1ncc(C(=O)N2CCC3(CCNCC3CO)CC2)cn1. The number of nitrogens with zero attached hydrogens (tertiary/aromatic N) is 3. The van der Waals surface area contributed by atoms with Crippen LogP contribution >= 0.6 is 0 Å². The summed E-state index contributed by atoms with van der Waals surface area (Å²) in [4.78, 5) is 23.1. The first kappa shape index (κ1) is 18.1. The van der Waals surface area contributed by atoms with Crippen LogP contribution in [0.2, 0.25) is 0 Å². The summed E-state index contributed by atoms with van der Waals surface area (Å²) in [6.45, 7) is 7.62. The molecule has 1 atom stereocenters. The second kappa shape index (κ2) is 7.66. The molecular formula is C18H29N5O2. The maximum absolute atomic E-state index is 12.7. The summed E-state index contributed by atoms with van der Waals surface area (Å²) in [7, 11) is 0. The smallest absolute Gasteiger partial charge is 0.256 e. The van der Waals surface area contributed by atoms with E-state index >= 15 is 0 Å². The zero-order chi connectivity index (χ0) is 17.9. The van der Waals surface area contributed by atoms with E-state index in [1.54, 1.807) is 12.4 Å². The summed E-state index contributed by atoms with van der Waals surface area (Å²) in [6, 6.07) is 0.254. The molecule has 0 bridgehead atoms. The van der Waals surface area contributed by atoms with Gasteiger partial charge in [0.1, 0.15) is 0 Å². The highest BCUT2D eigenvalue weighted by molar-refractivity contribution is 5.93. The third-order valence-electron chi connectivity index (χ3n) is 5.64. The third kappa shape index (κ3) is 3.93. The Hall–Kier alpha value is -1.73. The predicted molar refractivity (Wildman–Crippen MR) is 96.4 cm³/mol. The molecule has 3 N–H and O–H groups in total. The van der Waals surface area contributed by atoms with Crippen LogP contribution in [-0.2, 0) is 0 Å². The van der Waals surface area contributed by atoms with E-state index in [1.807, 2.05) is 18.7 Å². The number of hydrogen-bond acceptors (Lipinski definition) is 6. The van der Waals surface area contributed by atoms with Crippen molar-refractivity contribution in [1.29, 1.82) is 0 Å². The summed E-state index contributed by atoms with van der Waals surface area (Å²) in [6.07, 6.45) is 6.20. The van der Waals surface area contributed by atoms with Crippen molar-refractivity contribution in [2.75, 3.05) is 38.1 Å². The Bertz CT molecular complexity index is 582. The summed E-state index contributed by atoms with van der Waals surface area (Å²) < 4.78 is 0. The largest absolute Gasteiger partial charge is 0.396 e. The van der Waals surface area contributed by atoms with Crippen molar-refractivity contribution >= 4 is 11.9 Å². The average Bonchev–Trinajstić information content (AvgIpc) is 2.62. The Morgan fingerprint density at radius 3 is 2.64 bits per heavy atom. The van der Waals surface area contributed by atoms with E-state index in [2.05, 4.69) is 20.6 Å². The number of rotatable bonds is 4. The minimum atomic E-state index is 0.000398. The second-order valence-corrected chi connectivity index (χ2v) is 7.58. The molecule has 2 fully saturated rings. The molecule has 1 amide bonds. The van der Waals surface area contributed by atoms with Gasteiger partial charge in [-0.25, -0.2) is 9.97 Å². The lowest BCUT2D eigenvalue weighted by Crippen LogP contribution is -2.53. The molecule has 1 unspecified atom stereocenters. The number of anilines is 1. The van der Waals surface area contributed by atoms with Crippen LogP contribution in [0, 0.1) is 11.3 Å². The number of carbonyl (C=O) groups excluding carboxylic acids is 1. The summed E-state index contributed by atoms with van der Waals surface area (Å²) >= 11 is 0. The molecule has 0 radical (unpaired) electrons. The van der Waals surface area contributed by atoms with Crippen molar-refractivity contribution in [3.05, 3.63) is 18.0 Å². The van der Waals surface area contributed by atoms with Gasteiger partial charge in [-0.3, -0.25) is 4.79 Å². The van der Waals surface area contributed by atoms with Crippen LogP contribution in [0.15, 0.2) is 12.4 Å². The molecule has 25 heavy (non-hydrogen) atoms. The van der Waals surface area contributed by atoms with E-state index in [9.17, 15) is 9.90 Å². The summed E-state index contributed by atoms with van der Waals surface area (Å²) in [5.41, 5.74) is 0.715. The van der Waals surface area contributed by atoms with E-state index in [0.29, 0.717) is 17.4 Å². The zero-order valence-electron chi connectivity index (χ0n) is 15.2. The van der Waals surface area contributed by atoms with Crippen LogP contribution in [0.5, 0.6) is 0 Å². The second-order valence-electron chi connectivity index (χ2n) is 7.58. The van der Waals surface area contributed by atoms with Gasteiger partial charge in [0.15, 0.2) is 0 Å². The normalized spacial score (nSPS) is 23.0. The molecule has 1 aromatic rings. The minimum Gasteiger partial charge on any atom is -0.396 e. The fourth-order valence-corrected chi connectivity index (χ4v) is 4.06. The molecule has 1 aromatic heterocycles. The molecule has 0 saturated carbocycles. The first-order chi connectivity index (χ1) is 12.0. The van der Waals surface area contributed by atoms with Crippen LogP contribution in [0.3, 0.4) is 0 Å². The van der Waals surface area contributed by atoms with Crippen molar-refractivity contribution in [3.63, 3.8) is 0 Å². The third-order valence-corrected chi connectivity index (χ3v) is 5.64. The van der Waals surface area contributed by atoms with Gasteiger partial charge in [-0.05, 0) is 45.1 Å². The number of hydrogen-bond donors (Lipinski definition) is 3. The van der Waals surface area contributed by atoms with Crippen LogP contribution in [0.1, 0.15) is 43.5 Å². The van der Waals surface area contributed by atoms with Crippen LogP contribution in [0.4, 0.5) is 5.95 Å². The molecule has 7 nitrogen and oxygen atoms in total. The lowest BCUT2D eigenvalue weighted by atomic mass is 9.65. The Morgan fingerprint density at radius 2 is 2.04 bits per heavy atom. The molecule has 0 aliphatic carbocycles. The lowest BCUT2D eigenvalue weighted by Gasteiger charge is -2.49. The fraction of sp³-hybridized carbons (Fsp3) is 0.722. The maximum atomic E-state index is 12.7. The molecule has 2 aliphatic heterocycles. The number of carbonyl (C=O) groups is 1. The monoisotopic (exact) mass is 347 g/mol. The van der Waals surface area contributed by atoms with Gasteiger partial charge >= 0.3 is 0 Å². The average molecular weight is 347 g/mol. The standard InChI is InChI=1S/C18H29N5O2/c1-13(2)22-17-20-9-14(10-21-17)16(25)23-7-4-18(5-8-23)3-6-19-11-15(18)12-24/h9-10,13,15,19,24H,3-8,11-12H2,1-2H3,(H,20,21,22). The number of nitrogens with one attached hydrogen (secondary N) is 2. The Labute approximate surface area is 149 Å². The highest BCUT2D eigenvalue weighted by atomic mass is 16.3. The lowest BCUT2D eigenvalue weighted by molar-refractivity contribution is -0.00117. The first-order valence-corrected chi connectivity index (χ1v) is 9.23. The molecule has 3 rings (SSSR count). The van der Waals surface area contributed by atoms with Crippen molar-refractivity contribution in [3.8, 4) is 0 Å². The maximum Gasteiger partial charge on any atom is 0.256 e. The van der Waals surface area contributed by atoms with E-state index in [4.69, 9.17) is 0 Å².